The van der Waals surface area contributed by atoms with E-state index in [2.05, 4.69) is 49.9 Å². The first-order valence-electron chi connectivity index (χ1n) is 12.4. The Morgan fingerprint density at radius 2 is 1.89 bits per heavy atom. The zero-order chi connectivity index (χ0) is 25.6. The highest BCUT2D eigenvalue weighted by molar-refractivity contribution is 7.22. The number of esters is 1. The summed E-state index contributed by atoms with van der Waals surface area (Å²) in [5.74, 6) is 1.35. The van der Waals surface area contributed by atoms with Crippen LogP contribution in [-0.4, -0.2) is 24.8 Å². The quantitative estimate of drug-likeness (QED) is 0.144. The van der Waals surface area contributed by atoms with Gasteiger partial charge in [-0.3, -0.25) is 0 Å². The van der Waals surface area contributed by atoms with E-state index >= 15 is 0 Å². The molecule has 0 radical (unpaired) electrons. The topological polar surface area (TPSA) is 44.8 Å². The van der Waals surface area contributed by atoms with E-state index in [1.54, 1.807) is 25.4 Å². The molecule has 5 heteroatoms. The number of methoxy groups -OCH3 is 1. The van der Waals surface area contributed by atoms with Crippen LogP contribution >= 0.6 is 11.3 Å². The van der Waals surface area contributed by atoms with Crippen molar-refractivity contribution in [2.24, 2.45) is 0 Å². The van der Waals surface area contributed by atoms with Crippen molar-refractivity contribution in [2.45, 2.75) is 78.4 Å². The molecule has 1 atom stereocenters. The number of carbonyl (C=O) groups is 1. The molecule has 1 aromatic heterocycles. The molecule has 3 rings (SSSR count). The van der Waals surface area contributed by atoms with Crippen LogP contribution in [0.5, 0.6) is 11.5 Å². The van der Waals surface area contributed by atoms with Crippen LogP contribution in [-0.2, 0) is 16.0 Å². The average Bonchev–Trinajstić information content (AvgIpc) is 3.21. The molecule has 4 nitrogen and oxygen atoms in total. The van der Waals surface area contributed by atoms with Gasteiger partial charge in [-0.15, -0.1) is 11.3 Å². The van der Waals surface area contributed by atoms with Gasteiger partial charge in [-0.25, -0.2) is 4.79 Å². The van der Waals surface area contributed by atoms with Crippen LogP contribution < -0.4 is 9.47 Å². The number of benzene rings is 2. The summed E-state index contributed by atoms with van der Waals surface area (Å²) < 4.78 is 18.7. The van der Waals surface area contributed by atoms with Gasteiger partial charge in [0.05, 0.1) is 13.2 Å². The summed E-state index contributed by atoms with van der Waals surface area (Å²) in [6, 6.07) is 15.0. The van der Waals surface area contributed by atoms with Crippen molar-refractivity contribution >= 4 is 27.4 Å². The predicted molar refractivity (Wildman–Crippen MR) is 147 cm³/mol. The minimum atomic E-state index is -0.644. The third-order valence-electron chi connectivity index (χ3n) is 5.93. The summed E-state index contributed by atoms with van der Waals surface area (Å²) in [6.45, 7) is 13.3. The lowest BCUT2D eigenvalue weighted by Gasteiger charge is -2.28. The molecule has 0 aliphatic rings. The second-order valence-electron chi connectivity index (χ2n) is 9.86. The zero-order valence-electron chi connectivity index (χ0n) is 21.9. The van der Waals surface area contributed by atoms with Crippen molar-refractivity contribution in [1.82, 2.24) is 0 Å². The van der Waals surface area contributed by atoms with Gasteiger partial charge < -0.3 is 14.2 Å². The van der Waals surface area contributed by atoms with E-state index in [9.17, 15) is 4.79 Å². The number of carbonyl (C=O) groups excluding carboxylic acids is 1. The molecule has 1 heterocycles. The Morgan fingerprint density at radius 3 is 2.57 bits per heavy atom. The molecule has 35 heavy (non-hydrogen) atoms. The molecular formula is C30H38O4S. The van der Waals surface area contributed by atoms with Crippen LogP contribution in [0, 0.1) is 0 Å². The summed E-state index contributed by atoms with van der Waals surface area (Å²) >= 11 is 1.73. The fourth-order valence-corrected chi connectivity index (χ4v) is 5.36. The first-order valence-corrected chi connectivity index (χ1v) is 13.2. The standard InChI is InChI=1S/C30H38O4S/c1-8-9-10-11-22-12-15-25(26(16-22)32-7)28-17-23-13-14-24(18-27(23)35-28)33-21(4)19-30(5,6)34-29(31)20(2)3/h12-18,21H,2,8-11,19H2,1,3-7H3. The SMILES string of the molecule is C=C(C)C(=O)OC(C)(C)CC(C)Oc1ccc2cc(-c3ccc(CCCCC)cc3OC)sc2c1. The minimum Gasteiger partial charge on any atom is -0.496 e. The molecule has 0 saturated heterocycles. The molecule has 0 spiro atoms. The maximum atomic E-state index is 11.9. The predicted octanol–water partition coefficient (Wildman–Crippen LogP) is 8.36. The molecule has 3 aromatic rings. The van der Waals surface area contributed by atoms with Crippen LogP contribution in [0.1, 0.15) is 65.9 Å². The van der Waals surface area contributed by atoms with Crippen molar-refractivity contribution in [3.05, 3.63) is 60.2 Å². The molecule has 0 aliphatic heterocycles. The first kappa shape index (κ1) is 26.8. The van der Waals surface area contributed by atoms with Gasteiger partial charge in [0.15, 0.2) is 0 Å². The van der Waals surface area contributed by atoms with E-state index in [1.807, 2.05) is 26.8 Å². The highest BCUT2D eigenvalue weighted by Crippen LogP contribution is 2.40. The first-order chi connectivity index (χ1) is 16.6. The number of ether oxygens (including phenoxy) is 3. The zero-order valence-corrected chi connectivity index (χ0v) is 22.7. The fourth-order valence-electron chi connectivity index (χ4n) is 4.24. The van der Waals surface area contributed by atoms with Gasteiger partial charge in [-0.1, -0.05) is 32.4 Å². The van der Waals surface area contributed by atoms with Gasteiger partial charge in [0.1, 0.15) is 17.1 Å². The molecule has 2 aromatic carbocycles. The van der Waals surface area contributed by atoms with Crippen molar-refractivity contribution < 1.29 is 19.0 Å². The third kappa shape index (κ3) is 7.35. The van der Waals surface area contributed by atoms with E-state index in [4.69, 9.17) is 14.2 Å². The lowest BCUT2D eigenvalue weighted by atomic mass is 10.0. The number of thiophene rings is 1. The summed E-state index contributed by atoms with van der Waals surface area (Å²) in [6.07, 6.45) is 5.21. The van der Waals surface area contributed by atoms with Crippen molar-refractivity contribution in [3.8, 4) is 21.9 Å². The second-order valence-corrected chi connectivity index (χ2v) is 10.9. The van der Waals surface area contributed by atoms with Crippen molar-refractivity contribution in [1.29, 1.82) is 0 Å². The van der Waals surface area contributed by atoms with Gasteiger partial charge in [0.25, 0.3) is 0 Å². The Hall–Kier alpha value is -2.79. The summed E-state index contributed by atoms with van der Waals surface area (Å²) in [7, 11) is 1.74. The molecule has 1 unspecified atom stereocenters. The molecule has 0 fully saturated rings. The second kappa shape index (κ2) is 11.8. The van der Waals surface area contributed by atoms with Crippen LogP contribution in [0.15, 0.2) is 54.6 Å². The van der Waals surface area contributed by atoms with Crippen LogP contribution in [0.4, 0.5) is 0 Å². The van der Waals surface area contributed by atoms with Gasteiger partial charge in [0.2, 0.25) is 0 Å². The van der Waals surface area contributed by atoms with Crippen LogP contribution in [0.25, 0.3) is 20.5 Å². The fraction of sp³-hybridized carbons (Fsp3) is 0.433. The Kier molecular flexibility index (Phi) is 9.01. The Bertz CT molecular complexity index is 1170. The number of aryl methyl sites for hydroxylation is 1. The summed E-state index contributed by atoms with van der Waals surface area (Å²) in [5.41, 5.74) is 2.19. The van der Waals surface area contributed by atoms with Crippen molar-refractivity contribution in [2.75, 3.05) is 7.11 Å². The largest absolute Gasteiger partial charge is 0.496 e. The summed E-state index contributed by atoms with van der Waals surface area (Å²) in [5, 5.41) is 1.18. The lowest BCUT2D eigenvalue weighted by Crippen LogP contribution is -2.33. The number of unbranched alkanes of at least 4 members (excludes halogenated alkanes) is 2. The molecule has 0 amide bonds. The molecule has 0 N–H and O–H groups in total. The number of rotatable bonds is 12. The number of fused-ring (bicyclic) bond motifs is 1. The van der Waals surface area contributed by atoms with E-state index in [1.165, 1.54) is 35.1 Å². The molecule has 0 aliphatic carbocycles. The van der Waals surface area contributed by atoms with Gasteiger partial charge in [-0.05, 0) is 87.9 Å². The van der Waals surface area contributed by atoms with E-state index in [0.29, 0.717) is 12.0 Å². The van der Waals surface area contributed by atoms with E-state index < -0.39 is 5.60 Å². The Morgan fingerprint density at radius 1 is 1.11 bits per heavy atom. The Balaban J connectivity index is 1.74. The van der Waals surface area contributed by atoms with E-state index in [0.717, 1.165) is 28.2 Å². The van der Waals surface area contributed by atoms with Gasteiger partial charge >= 0.3 is 5.97 Å². The number of hydrogen-bond acceptors (Lipinski definition) is 5. The smallest absolute Gasteiger partial charge is 0.333 e. The van der Waals surface area contributed by atoms with Crippen molar-refractivity contribution in [3.63, 3.8) is 0 Å². The van der Waals surface area contributed by atoms with Gasteiger partial charge in [0, 0.05) is 27.1 Å². The summed E-state index contributed by atoms with van der Waals surface area (Å²) in [4.78, 5) is 13.1. The molecule has 0 saturated carbocycles. The lowest BCUT2D eigenvalue weighted by molar-refractivity contribution is -0.153. The monoisotopic (exact) mass is 494 g/mol. The molecule has 188 valence electrons. The molecular weight excluding hydrogens is 456 g/mol. The maximum absolute atomic E-state index is 11.9. The normalized spacial score (nSPS) is 12.4. The van der Waals surface area contributed by atoms with E-state index in [-0.39, 0.29) is 12.1 Å². The maximum Gasteiger partial charge on any atom is 0.333 e. The number of hydrogen-bond donors (Lipinski definition) is 0. The minimum absolute atomic E-state index is 0.125. The van der Waals surface area contributed by atoms with Gasteiger partial charge in [-0.2, -0.15) is 0 Å². The average molecular weight is 495 g/mol. The molecule has 0 bridgehead atoms. The van der Waals surface area contributed by atoms with Crippen LogP contribution in [0.2, 0.25) is 0 Å². The third-order valence-corrected chi connectivity index (χ3v) is 7.06. The Labute approximate surface area is 213 Å². The highest BCUT2D eigenvalue weighted by Gasteiger charge is 2.27. The van der Waals surface area contributed by atoms with Crippen LogP contribution in [0.3, 0.4) is 0 Å². The highest BCUT2D eigenvalue weighted by atomic mass is 32.1.